The van der Waals surface area contributed by atoms with Crippen molar-refractivity contribution in [1.29, 1.82) is 0 Å². The minimum absolute atomic E-state index is 0.118. The van der Waals surface area contributed by atoms with Crippen molar-refractivity contribution in [1.82, 2.24) is 0 Å². The molecule has 1 heterocycles. The van der Waals surface area contributed by atoms with Gasteiger partial charge in [0.25, 0.3) is 0 Å². The molecule has 29 heavy (non-hydrogen) atoms. The van der Waals surface area contributed by atoms with Gasteiger partial charge in [0, 0.05) is 24.6 Å². The predicted molar refractivity (Wildman–Crippen MR) is 102 cm³/mol. The van der Waals surface area contributed by atoms with Crippen LogP contribution < -0.4 is 10.2 Å². The van der Waals surface area contributed by atoms with Crippen molar-refractivity contribution in [2.75, 3.05) is 10.2 Å². The van der Waals surface area contributed by atoms with Gasteiger partial charge in [-0.1, -0.05) is 30.3 Å². The second-order valence-electron chi connectivity index (χ2n) is 6.43. The first-order valence-electron chi connectivity index (χ1n) is 8.87. The number of alkyl halides is 3. The van der Waals surface area contributed by atoms with E-state index in [1.165, 1.54) is 48.5 Å². The van der Waals surface area contributed by atoms with E-state index in [0.717, 1.165) is 4.90 Å². The van der Waals surface area contributed by atoms with Gasteiger partial charge in [-0.05, 0) is 36.2 Å². The van der Waals surface area contributed by atoms with Gasteiger partial charge >= 0.3 is 6.18 Å². The second-order valence-corrected chi connectivity index (χ2v) is 6.43. The van der Waals surface area contributed by atoms with Crippen LogP contribution in [0.1, 0.15) is 24.8 Å². The molecule has 3 amide bonds. The fourth-order valence-electron chi connectivity index (χ4n) is 2.99. The molecule has 0 atom stereocenters. The summed E-state index contributed by atoms with van der Waals surface area (Å²) in [7, 11) is 0. The zero-order chi connectivity index (χ0) is 21.0. The molecule has 5 nitrogen and oxygen atoms in total. The monoisotopic (exact) mass is 402 g/mol. The highest BCUT2D eigenvalue weighted by molar-refractivity contribution is 6.16. The summed E-state index contributed by atoms with van der Waals surface area (Å²) in [6, 6.07) is 12.8. The lowest BCUT2D eigenvalue weighted by atomic mass is 10.1. The van der Waals surface area contributed by atoms with Gasteiger partial charge < -0.3 is 5.32 Å². The number of imide groups is 1. The summed E-state index contributed by atoms with van der Waals surface area (Å²) >= 11 is 0. The van der Waals surface area contributed by atoms with Crippen molar-refractivity contribution in [3.63, 3.8) is 0 Å². The number of hydrogen-bond donors (Lipinski definition) is 1. The highest BCUT2D eigenvalue weighted by atomic mass is 19.4. The molecule has 0 unspecified atom stereocenters. The molecule has 0 saturated carbocycles. The minimum atomic E-state index is -4.70. The Bertz CT molecular complexity index is 935. The number of halogens is 3. The molecule has 2 aromatic rings. The van der Waals surface area contributed by atoms with E-state index in [0.29, 0.717) is 18.2 Å². The van der Waals surface area contributed by atoms with Gasteiger partial charge in [-0.2, -0.15) is 13.2 Å². The zero-order valence-electron chi connectivity index (χ0n) is 15.2. The average Bonchev–Trinajstić information content (AvgIpc) is 2.67. The van der Waals surface area contributed by atoms with Crippen LogP contribution in [0, 0.1) is 0 Å². The van der Waals surface area contributed by atoms with Crippen molar-refractivity contribution >= 4 is 34.7 Å². The molecule has 1 aliphatic rings. The van der Waals surface area contributed by atoms with Crippen molar-refractivity contribution in [2.45, 2.75) is 25.4 Å². The number of hydrogen-bond acceptors (Lipinski definition) is 3. The predicted octanol–water partition coefficient (Wildman–Crippen LogP) is 4.31. The van der Waals surface area contributed by atoms with Crippen LogP contribution in [0.3, 0.4) is 0 Å². The summed E-state index contributed by atoms with van der Waals surface area (Å²) in [5.41, 5.74) is -0.584. The van der Waals surface area contributed by atoms with Gasteiger partial charge in [0.15, 0.2) is 0 Å². The van der Waals surface area contributed by atoms with E-state index in [-0.39, 0.29) is 35.9 Å². The SMILES string of the molecule is O=C(/C=C(\c1ccccc1)C(F)(F)F)Nc1ccc(N2C(=O)CCCC2=O)cc1. The number of allylic oxidation sites excluding steroid dienone is 1. The number of amides is 3. The Morgan fingerprint density at radius 3 is 2.07 bits per heavy atom. The van der Waals surface area contributed by atoms with Crippen LogP contribution in [-0.4, -0.2) is 23.9 Å². The first-order valence-corrected chi connectivity index (χ1v) is 8.87. The van der Waals surface area contributed by atoms with Crippen LogP contribution in [-0.2, 0) is 14.4 Å². The molecule has 1 fully saturated rings. The number of benzene rings is 2. The second kappa shape index (κ2) is 8.30. The summed E-state index contributed by atoms with van der Waals surface area (Å²) in [4.78, 5) is 37.1. The van der Waals surface area contributed by atoms with Gasteiger partial charge in [0.05, 0.1) is 11.3 Å². The number of carbonyl (C=O) groups is 3. The molecule has 0 radical (unpaired) electrons. The summed E-state index contributed by atoms with van der Waals surface area (Å²) in [6.45, 7) is 0. The number of rotatable bonds is 4. The third kappa shape index (κ3) is 4.90. The Morgan fingerprint density at radius 2 is 1.52 bits per heavy atom. The van der Waals surface area contributed by atoms with Gasteiger partial charge in [0.2, 0.25) is 17.7 Å². The highest BCUT2D eigenvalue weighted by Crippen LogP contribution is 2.33. The highest BCUT2D eigenvalue weighted by Gasteiger charge is 2.35. The molecule has 150 valence electrons. The van der Waals surface area contributed by atoms with E-state index in [4.69, 9.17) is 0 Å². The van der Waals surface area contributed by atoms with Crippen LogP contribution in [0.4, 0.5) is 24.5 Å². The van der Waals surface area contributed by atoms with Crippen molar-refractivity contribution in [3.8, 4) is 0 Å². The number of nitrogens with zero attached hydrogens (tertiary/aromatic N) is 1. The van der Waals surface area contributed by atoms with Crippen LogP contribution in [0.25, 0.3) is 5.57 Å². The maximum absolute atomic E-state index is 13.3. The molecule has 0 spiro atoms. The Hall–Kier alpha value is -3.42. The van der Waals surface area contributed by atoms with Crippen molar-refractivity contribution < 1.29 is 27.6 Å². The number of nitrogens with one attached hydrogen (secondary N) is 1. The average molecular weight is 402 g/mol. The largest absolute Gasteiger partial charge is 0.417 e. The maximum atomic E-state index is 13.3. The topological polar surface area (TPSA) is 66.5 Å². The minimum Gasteiger partial charge on any atom is -0.322 e. The first-order chi connectivity index (χ1) is 13.8. The summed E-state index contributed by atoms with van der Waals surface area (Å²) in [5, 5.41) is 2.36. The summed E-state index contributed by atoms with van der Waals surface area (Å²) < 4.78 is 40.0. The van der Waals surface area contributed by atoms with E-state index in [9.17, 15) is 27.6 Å². The molecule has 8 heteroatoms. The molecule has 0 aliphatic carbocycles. The van der Waals surface area contributed by atoms with Crippen LogP contribution >= 0.6 is 0 Å². The molecule has 1 saturated heterocycles. The van der Waals surface area contributed by atoms with Crippen LogP contribution in [0.2, 0.25) is 0 Å². The smallest absolute Gasteiger partial charge is 0.322 e. The summed E-state index contributed by atoms with van der Waals surface area (Å²) in [5.74, 6) is -1.56. The summed E-state index contributed by atoms with van der Waals surface area (Å²) in [6.07, 6.45) is -3.14. The molecule has 0 bridgehead atoms. The molecule has 1 aliphatic heterocycles. The normalized spacial score (nSPS) is 15.4. The van der Waals surface area contributed by atoms with E-state index in [1.807, 2.05) is 0 Å². The van der Waals surface area contributed by atoms with E-state index in [1.54, 1.807) is 6.07 Å². The van der Waals surface area contributed by atoms with Crippen molar-refractivity contribution in [3.05, 3.63) is 66.2 Å². The number of piperidine rings is 1. The van der Waals surface area contributed by atoms with E-state index >= 15 is 0 Å². The van der Waals surface area contributed by atoms with Gasteiger partial charge in [-0.3, -0.25) is 19.3 Å². The lowest BCUT2D eigenvalue weighted by Crippen LogP contribution is -2.40. The molecular formula is C21H17F3N2O3. The fourth-order valence-corrected chi connectivity index (χ4v) is 2.99. The number of carbonyl (C=O) groups excluding carboxylic acids is 3. The zero-order valence-corrected chi connectivity index (χ0v) is 15.2. The molecule has 0 aromatic heterocycles. The molecule has 2 aromatic carbocycles. The van der Waals surface area contributed by atoms with Gasteiger partial charge in [0.1, 0.15) is 0 Å². The quantitative estimate of drug-likeness (QED) is 0.612. The van der Waals surface area contributed by atoms with Gasteiger partial charge in [-0.15, -0.1) is 0 Å². The van der Waals surface area contributed by atoms with Gasteiger partial charge in [-0.25, -0.2) is 0 Å². The van der Waals surface area contributed by atoms with E-state index < -0.39 is 17.7 Å². The Morgan fingerprint density at radius 1 is 0.931 bits per heavy atom. The molecule has 3 rings (SSSR count). The fraction of sp³-hybridized carbons (Fsp3) is 0.190. The van der Waals surface area contributed by atoms with Crippen LogP contribution in [0.15, 0.2) is 60.7 Å². The molecular weight excluding hydrogens is 385 g/mol. The standard InChI is InChI=1S/C21H17F3N2O3/c22-21(23,24)17(14-5-2-1-3-6-14)13-18(27)25-15-9-11-16(12-10-15)26-19(28)7-4-8-20(26)29/h1-3,5-6,9-13H,4,7-8H2,(H,25,27)/b17-13+. The lowest BCUT2D eigenvalue weighted by molar-refractivity contribution is -0.129. The number of anilines is 2. The molecule has 1 N–H and O–H groups in total. The van der Waals surface area contributed by atoms with Crippen molar-refractivity contribution in [2.24, 2.45) is 0 Å². The van der Waals surface area contributed by atoms with E-state index in [2.05, 4.69) is 5.32 Å². The van der Waals surface area contributed by atoms with Crippen LogP contribution in [0.5, 0.6) is 0 Å². The third-order valence-corrected chi connectivity index (χ3v) is 4.34. The third-order valence-electron chi connectivity index (χ3n) is 4.34. The maximum Gasteiger partial charge on any atom is 0.417 e. The lowest BCUT2D eigenvalue weighted by Gasteiger charge is -2.24. The first kappa shape index (κ1) is 20.3. The Labute approximate surface area is 164 Å². The Kier molecular flexibility index (Phi) is 5.81. The Balaban J connectivity index is 1.77.